The molecule has 0 bridgehead atoms. The van der Waals surface area contributed by atoms with Gasteiger partial charge in [0.1, 0.15) is 16.5 Å². The van der Waals surface area contributed by atoms with Crippen LogP contribution in [0.2, 0.25) is 0 Å². The molecule has 3 aromatic rings. The van der Waals surface area contributed by atoms with Crippen LogP contribution in [0.25, 0.3) is 22.4 Å². The van der Waals surface area contributed by atoms with Crippen LogP contribution < -0.4 is 5.14 Å². The van der Waals surface area contributed by atoms with E-state index >= 15 is 0 Å². The van der Waals surface area contributed by atoms with Crippen LogP contribution in [0, 0.1) is 18.6 Å². The molecule has 7 heteroatoms. The van der Waals surface area contributed by atoms with E-state index in [4.69, 9.17) is 5.14 Å². The maximum absolute atomic E-state index is 14.2. The van der Waals surface area contributed by atoms with E-state index in [1.807, 2.05) is 0 Å². The van der Waals surface area contributed by atoms with Crippen LogP contribution in [0.5, 0.6) is 0 Å². The summed E-state index contributed by atoms with van der Waals surface area (Å²) in [6.45, 7) is 1.64. The third kappa shape index (κ3) is 3.42. The average molecular weight is 360 g/mol. The summed E-state index contributed by atoms with van der Waals surface area (Å²) < 4.78 is 50.4. The molecule has 2 aromatic carbocycles. The van der Waals surface area contributed by atoms with Crippen LogP contribution in [0.1, 0.15) is 5.56 Å². The third-order valence-corrected chi connectivity index (χ3v) is 4.73. The molecule has 0 aliphatic rings. The first-order valence-electron chi connectivity index (χ1n) is 7.31. The van der Waals surface area contributed by atoms with Gasteiger partial charge in [-0.15, -0.1) is 0 Å². The van der Waals surface area contributed by atoms with Crippen LogP contribution in [0.15, 0.2) is 59.6 Å². The van der Waals surface area contributed by atoms with Gasteiger partial charge < -0.3 is 0 Å². The fourth-order valence-corrected chi connectivity index (χ4v) is 3.15. The van der Waals surface area contributed by atoms with Crippen LogP contribution in [0.3, 0.4) is 0 Å². The Balaban J connectivity index is 2.16. The van der Waals surface area contributed by atoms with Crippen molar-refractivity contribution in [1.82, 2.24) is 4.98 Å². The Bertz CT molecular complexity index is 1070. The zero-order valence-corrected chi connectivity index (χ0v) is 14.0. The third-order valence-electron chi connectivity index (χ3n) is 3.79. The zero-order chi connectivity index (χ0) is 18.2. The summed E-state index contributed by atoms with van der Waals surface area (Å²) >= 11 is 0. The number of sulfonamides is 1. The number of halogens is 2. The van der Waals surface area contributed by atoms with Crippen molar-refractivity contribution in [3.05, 3.63) is 71.9 Å². The summed E-state index contributed by atoms with van der Waals surface area (Å²) in [5.41, 5.74) is 2.70. The van der Waals surface area contributed by atoms with Gasteiger partial charge in [-0.1, -0.05) is 12.1 Å². The first kappa shape index (κ1) is 17.2. The van der Waals surface area contributed by atoms with Gasteiger partial charge >= 0.3 is 0 Å². The molecule has 0 aliphatic carbocycles. The lowest BCUT2D eigenvalue weighted by Crippen LogP contribution is -2.13. The van der Waals surface area contributed by atoms with E-state index in [0.29, 0.717) is 27.9 Å². The van der Waals surface area contributed by atoms with Crippen molar-refractivity contribution in [3.8, 4) is 22.4 Å². The zero-order valence-electron chi connectivity index (χ0n) is 13.2. The normalized spacial score (nSPS) is 11.5. The molecule has 0 unspecified atom stereocenters. The molecule has 25 heavy (non-hydrogen) atoms. The molecule has 4 nitrogen and oxygen atoms in total. The number of aromatic nitrogens is 1. The topological polar surface area (TPSA) is 73.0 Å². The Hall–Kier alpha value is -2.64. The van der Waals surface area contributed by atoms with Gasteiger partial charge in [0.15, 0.2) is 0 Å². The number of aryl methyl sites for hydroxylation is 1. The molecular weight excluding hydrogens is 346 g/mol. The highest BCUT2D eigenvalue weighted by Gasteiger charge is 2.17. The Kier molecular flexibility index (Phi) is 4.36. The molecule has 2 N–H and O–H groups in total. The minimum atomic E-state index is -4.14. The fourth-order valence-electron chi connectivity index (χ4n) is 2.56. The molecule has 3 rings (SSSR count). The van der Waals surface area contributed by atoms with Crippen molar-refractivity contribution >= 4 is 10.0 Å². The van der Waals surface area contributed by atoms with Gasteiger partial charge in [-0.25, -0.2) is 22.3 Å². The summed E-state index contributed by atoms with van der Waals surface area (Å²) in [6, 6.07) is 11.7. The van der Waals surface area contributed by atoms with Gasteiger partial charge in [-0.2, -0.15) is 0 Å². The predicted molar refractivity (Wildman–Crippen MR) is 91.1 cm³/mol. The van der Waals surface area contributed by atoms with E-state index in [1.54, 1.807) is 37.4 Å². The highest BCUT2D eigenvalue weighted by molar-refractivity contribution is 7.89. The average Bonchev–Trinajstić information content (AvgIpc) is 2.56. The van der Waals surface area contributed by atoms with Crippen LogP contribution in [-0.2, 0) is 10.0 Å². The lowest BCUT2D eigenvalue weighted by molar-refractivity contribution is 0.568. The van der Waals surface area contributed by atoms with Crippen molar-refractivity contribution < 1.29 is 17.2 Å². The van der Waals surface area contributed by atoms with Crippen LogP contribution in [-0.4, -0.2) is 13.4 Å². The highest BCUT2D eigenvalue weighted by atomic mass is 32.2. The maximum atomic E-state index is 14.2. The summed E-state index contributed by atoms with van der Waals surface area (Å²) in [4.78, 5) is 3.74. The van der Waals surface area contributed by atoms with Crippen LogP contribution >= 0.6 is 0 Å². The molecule has 0 saturated heterocycles. The van der Waals surface area contributed by atoms with Gasteiger partial charge in [0.25, 0.3) is 0 Å². The predicted octanol–water partition coefficient (Wildman–Crippen LogP) is 3.65. The first-order valence-corrected chi connectivity index (χ1v) is 8.86. The van der Waals surface area contributed by atoms with Gasteiger partial charge in [-0.3, -0.25) is 4.98 Å². The maximum Gasteiger partial charge on any atom is 0.240 e. The molecule has 0 spiro atoms. The fraction of sp³-hybridized carbons (Fsp3) is 0.0556. The molecule has 1 heterocycles. The van der Waals surface area contributed by atoms with Gasteiger partial charge in [0.05, 0.1) is 5.69 Å². The van der Waals surface area contributed by atoms with Crippen molar-refractivity contribution in [2.45, 2.75) is 11.8 Å². The van der Waals surface area contributed by atoms with E-state index in [-0.39, 0.29) is 5.82 Å². The summed E-state index contributed by atoms with van der Waals surface area (Å²) in [5.74, 6) is -1.27. The van der Waals surface area contributed by atoms with E-state index in [0.717, 1.165) is 12.1 Å². The number of nitrogens with two attached hydrogens (primary N) is 1. The monoisotopic (exact) mass is 360 g/mol. The number of rotatable bonds is 3. The van der Waals surface area contributed by atoms with Gasteiger partial charge in [-0.05, 0) is 54.4 Å². The number of hydrogen-bond acceptors (Lipinski definition) is 3. The van der Waals surface area contributed by atoms with Gasteiger partial charge in [0, 0.05) is 17.3 Å². The van der Waals surface area contributed by atoms with Crippen molar-refractivity contribution in [1.29, 1.82) is 0 Å². The molecule has 1 aromatic heterocycles. The van der Waals surface area contributed by atoms with Crippen molar-refractivity contribution in [3.63, 3.8) is 0 Å². The highest BCUT2D eigenvalue weighted by Crippen LogP contribution is 2.32. The number of primary sulfonamides is 1. The quantitative estimate of drug-likeness (QED) is 0.775. The Labute approximate surface area is 144 Å². The van der Waals surface area contributed by atoms with Crippen LogP contribution in [0.4, 0.5) is 8.78 Å². The minimum absolute atomic E-state index is 0.329. The second-order valence-electron chi connectivity index (χ2n) is 5.55. The van der Waals surface area contributed by atoms with Gasteiger partial charge in [0.2, 0.25) is 10.0 Å². The Morgan fingerprint density at radius 2 is 1.68 bits per heavy atom. The molecular formula is C18H14F2N2O2S. The lowest BCUT2D eigenvalue weighted by Gasteiger charge is -2.11. The van der Waals surface area contributed by atoms with E-state index in [2.05, 4.69) is 4.98 Å². The number of pyridine rings is 1. The lowest BCUT2D eigenvalue weighted by atomic mass is 9.98. The van der Waals surface area contributed by atoms with E-state index in [1.165, 1.54) is 12.1 Å². The second kappa shape index (κ2) is 6.34. The molecule has 0 saturated carbocycles. The second-order valence-corrected chi connectivity index (χ2v) is 7.08. The number of benzene rings is 2. The summed E-state index contributed by atoms with van der Waals surface area (Å²) in [6.07, 6.45) is 1.58. The first-order chi connectivity index (χ1) is 11.8. The van der Waals surface area contributed by atoms with E-state index < -0.39 is 20.7 Å². The molecule has 0 aliphatic heterocycles. The number of nitrogens with zero attached hydrogens (tertiary/aromatic N) is 1. The summed E-state index contributed by atoms with van der Waals surface area (Å²) in [5, 5.41) is 4.98. The minimum Gasteiger partial charge on any atom is -0.256 e. The SMILES string of the molecule is Cc1cc(-c2ncccc2-c2ccc(S(N)(=O)=O)c(F)c2)ccc1F. The Morgan fingerprint density at radius 3 is 2.32 bits per heavy atom. The van der Waals surface area contributed by atoms with Crippen molar-refractivity contribution in [2.75, 3.05) is 0 Å². The van der Waals surface area contributed by atoms with Crippen molar-refractivity contribution in [2.24, 2.45) is 5.14 Å². The molecule has 128 valence electrons. The standard InChI is InChI=1S/C18H14F2N2O2S/c1-11-9-13(4-6-15(11)19)18-14(3-2-8-22-18)12-5-7-17(16(20)10-12)25(21,23)24/h2-10H,1H3,(H2,21,23,24). The molecule has 0 fully saturated rings. The number of hydrogen-bond donors (Lipinski definition) is 1. The molecule has 0 radical (unpaired) electrons. The smallest absolute Gasteiger partial charge is 0.240 e. The Morgan fingerprint density at radius 1 is 0.960 bits per heavy atom. The largest absolute Gasteiger partial charge is 0.256 e. The molecule has 0 atom stereocenters. The molecule has 0 amide bonds. The summed E-state index contributed by atoms with van der Waals surface area (Å²) in [7, 11) is -4.14. The van der Waals surface area contributed by atoms with E-state index in [9.17, 15) is 17.2 Å².